The summed E-state index contributed by atoms with van der Waals surface area (Å²) in [5.41, 5.74) is 5.05. The van der Waals surface area contributed by atoms with Crippen LogP contribution in [0, 0.1) is 17.3 Å². The molecule has 0 saturated heterocycles. The molecule has 2 unspecified atom stereocenters. The second-order valence-corrected chi connectivity index (χ2v) is 7.09. The van der Waals surface area contributed by atoms with Gasteiger partial charge >= 0.3 is 5.97 Å². The molecule has 1 aliphatic rings. The number of rotatable bonds is 3. The minimum absolute atomic E-state index is 0.0946. The Hall–Kier alpha value is -0.570. The van der Waals surface area contributed by atoms with Crippen molar-refractivity contribution in [3.05, 3.63) is 0 Å². The Morgan fingerprint density at radius 1 is 1.44 bits per heavy atom. The molecule has 0 aromatic heterocycles. The first kappa shape index (κ1) is 15.5. The number of esters is 1. The van der Waals surface area contributed by atoms with E-state index in [4.69, 9.17) is 10.5 Å². The standard InChI is InChI=1S/C15H29NO2/c1-11(2)12-7-6-8-15(9-12,10-16)13(17)18-14(3,4)5/h11-12H,6-10,16H2,1-5H3. The molecule has 2 atom stereocenters. The Morgan fingerprint density at radius 2 is 2.06 bits per heavy atom. The van der Waals surface area contributed by atoms with Crippen LogP contribution in [0.3, 0.4) is 0 Å². The average molecular weight is 255 g/mol. The summed E-state index contributed by atoms with van der Waals surface area (Å²) in [6.45, 7) is 10.6. The third-order valence-electron chi connectivity index (χ3n) is 4.05. The highest BCUT2D eigenvalue weighted by molar-refractivity contribution is 5.77. The van der Waals surface area contributed by atoms with E-state index in [1.54, 1.807) is 0 Å². The summed E-state index contributed by atoms with van der Waals surface area (Å²) in [5, 5.41) is 0. The molecule has 0 bridgehead atoms. The summed E-state index contributed by atoms with van der Waals surface area (Å²) in [4.78, 5) is 12.4. The van der Waals surface area contributed by atoms with Crippen molar-refractivity contribution < 1.29 is 9.53 Å². The largest absolute Gasteiger partial charge is 0.460 e. The zero-order valence-electron chi connectivity index (χ0n) is 12.6. The molecule has 1 rings (SSSR count). The lowest BCUT2D eigenvalue weighted by Crippen LogP contribution is -2.46. The van der Waals surface area contributed by atoms with Crippen LogP contribution in [0.2, 0.25) is 0 Å². The number of nitrogens with two attached hydrogens (primary N) is 1. The van der Waals surface area contributed by atoms with E-state index in [1.165, 1.54) is 6.42 Å². The Bertz CT molecular complexity index is 293. The molecule has 1 fully saturated rings. The molecule has 0 amide bonds. The number of hydrogen-bond donors (Lipinski definition) is 1. The third-order valence-corrected chi connectivity index (χ3v) is 4.05. The smallest absolute Gasteiger partial charge is 0.313 e. The van der Waals surface area contributed by atoms with E-state index in [9.17, 15) is 4.79 Å². The summed E-state index contributed by atoms with van der Waals surface area (Å²) < 4.78 is 5.58. The van der Waals surface area contributed by atoms with Crippen molar-refractivity contribution in [3.8, 4) is 0 Å². The van der Waals surface area contributed by atoms with Gasteiger partial charge < -0.3 is 10.5 Å². The topological polar surface area (TPSA) is 52.3 Å². The molecule has 0 spiro atoms. The van der Waals surface area contributed by atoms with E-state index in [0.717, 1.165) is 19.3 Å². The van der Waals surface area contributed by atoms with E-state index >= 15 is 0 Å². The van der Waals surface area contributed by atoms with Crippen LogP contribution in [0.25, 0.3) is 0 Å². The fourth-order valence-electron chi connectivity index (χ4n) is 2.82. The number of carbonyl (C=O) groups excluding carboxylic acids is 1. The zero-order valence-corrected chi connectivity index (χ0v) is 12.6. The van der Waals surface area contributed by atoms with Gasteiger partial charge in [-0.3, -0.25) is 4.79 Å². The fraction of sp³-hybridized carbons (Fsp3) is 0.933. The SMILES string of the molecule is CC(C)C1CCCC(CN)(C(=O)OC(C)(C)C)C1. The summed E-state index contributed by atoms with van der Waals surface area (Å²) >= 11 is 0. The van der Waals surface area contributed by atoms with Gasteiger partial charge in [-0.15, -0.1) is 0 Å². The number of hydrogen-bond acceptors (Lipinski definition) is 3. The minimum atomic E-state index is -0.444. The summed E-state index contributed by atoms with van der Waals surface area (Å²) in [6.07, 6.45) is 4.05. The highest BCUT2D eigenvalue weighted by atomic mass is 16.6. The van der Waals surface area contributed by atoms with Crippen LogP contribution in [0.5, 0.6) is 0 Å². The van der Waals surface area contributed by atoms with Crippen LogP contribution >= 0.6 is 0 Å². The molecule has 1 saturated carbocycles. The van der Waals surface area contributed by atoms with Gasteiger partial charge in [0.05, 0.1) is 5.41 Å². The molecule has 3 heteroatoms. The monoisotopic (exact) mass is 255 g/mol. The van der Waals surface area contributed by atoms with Gasteiger partial charge in [0.25, 0.3) is 0 Å². The van der Waals surface area contributed by atoms with Gasteiger partial charge in [-0.25, -0.2) is 0 Å². The quantitative estimate of drug-likeness (QED) is 0.788. The van der Waals surface area contributed by atoms with Crippen LogP contribution in [0.1, 0.15) is 60.3 Å². The lowest BCUT2D eigenvalue weighted by Gasteiger charge is -2.41. The molecular weight excluding hydrogens is 226 g/mol. The normalized spacial score (nSPS) is 29.4. The lowest BCUT2D eigenvalue weighted by atomic mass is 9.66. The number of carbonyl (C=O) groups is 1. The zero-order chi connectivity index (χ0) is 14.0. The summed E-state index contributed by atoms with van der Waals surface area (Å²) in [7, 11) is 0. The van der Waals surface area contributed by atoms with Crippen LogP contribution in [0.15, 0.2) is 0 Å². The maximum Gasteiger partial charge on any atom is 0.313 e. The highest BCUT2D eigenvalue weighted by Gasteiger charge is 2.44. The van der Waals surface area contributed by atoms with Crippen LogP contribution in [0.4, 0.5) is 0 Å². The highest BCUT2D eigenvalue weighted by Crippen LogP contribution is 2.43. The van der Waals surface area contributed by atoms with Gasteiger partial charge in [-0.1, -0.05) is 26.7 Å². The van der Waals surface area contributed by atoms with Gasteiger partial charge in [-0.2, -0.15) is 0 Å². The Balaban J connectivity index is 2.81. The molecule has 0 heterocycles. The Kier molecular flexibility index (Phi) is 4.82. The molecular formula is C15H29NO2. The van der Waals surface area contributed by atoms with Crippen LogP contribution in [-0.2, 0) is 9.53 Å². The lowest BCUT2D eigenvalue weighted by molar-refractivity contribution is -0.170. The molecule has 0 radical (unpaired) electrons. The molecule has 2 N–H and O–H groups in total. The van der Waals surface area contributed by atoms with Crippen molar-refractivity contribution >= 4 is 5.97 Å². The second-order valence-electron chi connectivity index (χ2n) is 7.09. The van der Waals surface area contributed by atoms with Gasteiger partial charge in [0, 0.05) is 6.54 Å². The van der Waals surface area contributed by atoms with E-state index in [-0.39, 0.29) is 5.97 Å². The first-order chi connectivity index (χ1) is 8.20. The maximum absolute atomic E-state index is 12.4. The van der Waals surface area contributed by atoms with Crippen molar-refractivity contribution in [2.45, 2.75) is 65.9 Å². The van der Waals surface area contributed by atoms with Crippen molar-refractivity contribution in [2.75, 3.05) is 6.54 Å². The van der Waals surface area contributed by atoms with Crippen LogP contribution < -0.4 is 5.73 Å². The summed E-state index contributed by atoms with van der Waals surface area (Å²) in [6, 6.07) is 0. The molecule has 106 valence electrons. The molecule has 3 nitrogen and oxygen atoms in total. The molecule has 0 aromatic carbocycles. The predicted molar refractivity (Wildman–Crippen MR) is 74.1 cm³/mol. The van der Waals surface area contributed by atoms with Crippen molar-refractivity contribution in [2.24, 2.45) is 23.0 Å². The molecule has 0 aliphatic heterocycles. The summed E-state index contributed by atoms with van der Waals surface area (Å²) in [5.74, 6) is 1.11. The van der Waals surface area contributed by atoms with Gasteiger partial charge in [0.2, 0.25) is 0 Å². The van der Waals surface area contributed by atoms with Gasteiger partial charge in [-0.05, 0) is 45.4 Å². The molecule has 1 aliphatic carbocycles. The Labute approximate surface area is 111 Å². The van der Waals surface area contributed by atoms with Crippen molar-refractivity contribution in [1.29, 1.82) is 0 Å². The van der Waals surface area contributed by atoms with E-state index in [1.807, 2.05) is 20.8 Å². The van der Waals surface area contributed by atoms with E-state index in [0.29, 0.717) is 18.4 Å². The van der Waals surface area contributed by atoms with Crippen LogP contribution in [-0.4, -0.2) is 18.1 Å². The molecule has 0 aromatic rings. The van der Waals surface area contributed by atoms with E-state index in [2.05, 4.69) is 13.8 Å². The predicted octanol–water partition coefficient (Wildman–Crippen LogP) is 3.12. The average Bonchev–Trinajstić information content (AvgIpc) is 2.26. The first-order valence-electron chi connectivity index (χ1n) is 7.14. The fourth-order valence-corrected chi connectivity index (χ4v) is 2.82. The van der Waals surface area contributed by atoms with Crippen molar-refractivity contribution in [3.63, 3.8) is 0 Å². The number of ether oxygens (including phenoxy) is 1. The van der Waals surface area contributed by atoms with Gasteiger partial charge in [0.1, 0.15) is 5.60 Å². The first-order valence-corrected chi connectivity index (χ1v) is 7.14. The third kappa shape index (κ3) is 3.71. The van der Waals surface area contributed by atoms with Gasteiger partial charge in [0.15, 0.2) is 0 Å². The maximum atomic E-state index is 12.4. The second kappa shape index (κ2) is 5.60. The molecule has 18 heavy (non-hydrogen) atoms. The van der Waals surface area contributed by atoms with E-state index < -0.39 is 11.0 Å². The minimum Gasteiger partial charge on any atom is -0.460 e. The van der Waals surface area contributed by atoms with Crippen molar-refractivity contribution in [1.82, 2.24) is 0 Å². The Morgan fingerprint density at radius 3 is 2.50 bits per heavy atom.